The SMILES string of the molecule is Cc1ccc(S(=O)(=O)NC2CCC2)cc1CO. The van der Waals surface area contributed by atoms with E-state index >= 15 is 0 Å². The van der Waals surface area contributed by atoms with Crippen LogP contribution >= 0.6 is 0 Å². The summed E-state index contributed by atoms with van der Waals surface area (Å²) in [5, 5.41) is 9.13. The quantitative estimate of drug-likeness (QED) is 0.852. The van der Waals surface area contributed by atoms with Gasteiger partial charge in [0.15, 0.2) is 0 Å². The second-order valence-corrected chi connectivity index (χ2v) is 6.21. The molecule has 0 aliphatic heterocycles. The summed E-state index contributed by atoms with van der Waals surface area (Å²) in [7, 11) is -3.43. The predicted molar refractivity (Wildman–Crippen MR) is 65.1 cm³/mol. The molecule has 0 amide bonds. The fourth-order valence-electron chi connectivity index (χ4n) is 1.80. The number of aliphatic hydroxyl groups excluding tert-OH is 1. The summed E-state index contributed by atoms with van der Waals surface area (Å²) in [5.41, 5.74) is 1.55. The highest BCUT2D eigenvalue weighted by molar-refractivity contribution is 7.89. The molecule has 1 aliphatic carbocycles. The highest BCUT2D eigenvalue weighted by Crippen LogP contribution is 2.22. The zero-order valence-electron chi connectivity index (χ0n) is 9.81. The van der Waals surface area contributed by atoms with Crippen LogP contribution in [0.15, 0.2) is 23.1 Å². The van der Waals surface area contributed by atoms with Crippen molar-refractivity contribution in [1.29, 1.82) is 0 Å². The Morgan fingerprint density at radius 2 is 2.12 bits per heavy atom. The van der Waals surface area contributed by atoms with E-state index in [4.69, 9.17) is 5.11 Å². The first kappa shape index (κ1) is 12.5. The van der Waals surface area contributed by atoms with E-state index in [1.807, 2.05) is 6.92 Å². The fraction of sp³-hybridized carbons (Fsp3) is 0.500. The van der Waals surface area contributed by atoms with Crippen LogP contribution in [0, 0.1) is 6.92 Å². The third-order valence-electron chi connectivity index (χ3n) is 3.23. The summed E-state index contributed by atoms with van der Waals surface area (Å²) < 4.78 is 26.7. The van der Waals surface area contributed by atoms with E-state index in [1.165, 1.54) is 6.07 Å². The Kier molecular flexibility index (Phi) is 3.51. The van der Waals surface area contributed by atoms with E-state index in [-0.39, 0.29) is 17.5 Å². The van der Waals surface area contributed by atoms with Gasteiger partial charge in [-0.05, 0) is 43.0 Å². The Labute approximate surface area is 102 Å². The monoisotopic (exact) mass is 255 g/mol. The zero-order chi connectivity index (χ0) is 12.5. The van der Waals surface area contributed by atoms with Crippen molar-refractivity contribution < 1.29 is 13.5 Å². The summed E-state index contributed by atoms with van der Waals surface area (Å²) in [6.07, 6.45) is 2.92. The molecule has 17 heavy (non-hydrogen) atoms. The highest BCUT2D eigenvalue weighted by atomic mass is 32.2. The standard InChI is InChI=1S/C12H17NO3S/c1-9-5-6-12(7-10(9)8-14)17(15,16)13-11-3-2-4-11/h5-7,11,13-14H,2-4,8H2,1H3. The van der Waals surface area contributed by atoms with E-state index in [1.54, 1.807) is 12.1 Å². The number of rotatable bonds is 4. The Hall–Kier alpha value is -0.910. The second kappa shape index (κ2) is 4.76. The van der Waals surface area contributed by atoms with E-state index in [9.17, 15) is 8.42 Å². The van der Waals surface area contributed by atoms with Gasteiger partial charge in [0.2, 0.25) is 10.0 Å². The van der Waals surface area contributed by atoms with Gasteiger partial charge >= 0.3 is 0 Å². The number of hydrogen-bond donors (Lipinski definition) is 2. The Morgan fingerprint density at radius 1 is 1.41 bits per heavy atom. The average molecular weight is 255 g/mol. The van der Waals surface area contributed by atoms with Gasteiger partial charge in [0, 0.05) is 6.04 Å². The molecule has 0 atom stereocenters. The molecule has 0 unspecified atom stereocenters. The molecule has 1 aliphatic rings. The lowest BCUT2D eigenvalue weighted by atomic mass is 9.94. The van der Waals surface area contributed by atoms with Crippen LogP contribution in [-0.4, -0.2) is 19.6 Å². The second-order valence-electron chi connectivity index (χ2n) is 4.50. The van der Waals surface area contributed by atoms with Gasteiger partial charge in [-0.25, -0.2) is 13.1 Å². The van der Waals surface area contributed by atoms with Gasteiger partial charge in [-0.3, -0.25) is 0 Å². The van der Waals surface area contributed by atoms with Crippen molar-refractivity contribution in [3.8, 4) is 0 Å². The molecule has 1 fully saturated rings. The van der Waals surface area contributed by atoms with Gasteiger partial charge < -0.3 is 5.11 Å². The topological polar surface area (TPSA) is 66.4 Å². The van der Waals surface area contributed by atoms with E-state index in [0.717, 1.165) is 24.8 Å². The van der Waals surface area contributed by atoms with Crippen LogP contribution in [0.4, 0.5) is 0 Å². The summed E-state index contributed by atoms with van der Waals surface area (Å²) >= 11 is 0. The number of aryl methyl sites for hydroxylation is 1. The normalized spacial score (nSPS) is 16.8. The number of nitrogens with one attached hydrogen (secondary N) is 1. The molecular formula is C12H17NO3S. The number of benzene rings is 1. The molecule has 0 bridgehead atoms. The predicted octanol–water partition coefficient (Wildman–Crippen LogP) is 1.32. The molecule has 1 saturated carbocycles. The molecule has 94 valence electrons. The van der Waals surface area contributed by atoms with Gasteiger partial charge in [-0.15, -0.1) is 0 Å². The van der Waals surface area contributed by atoms with Gasteiger partial charge in [0.05, 0.1) is 11.5 Å². The lowest BCUT2D eigenvalue weighted by Gasteiger charge is -2.26. The van der Waals surface area contributed by atoms with Crippen molar-refractivity contribution in [3.05, 3.63) is 29.3 Å². The van der Waals surface area contributed by atoms with E-state index in [0.29, 0.717) is 5.56 Å². The zero-order valence-corrected chi connectivity index (χ0v) is 10.6. The third-order valence-corrected chi connectivity index (χ3v) is 4.75. The molecule has 5 heteroatoms. The lowest BCUT2D eigenvalue weighted by Crippen LogP contribution is -2.39. The molecule has 0 heterocycles. The average Bonchev–Trinajstić information content (AvgIpc) is 2.24. The minimum Gasteiger partial charge on any atom is -0.392 e. The Morgan fingerprint density at radius 3 is 2.65 bits per heavy atom. The van der Waals surface area contributed by atoms with Crippen LogP contribution in [0.5, 0.6) is 0 Å². The van der Waals surface area contributed by atoms with E-state index in [2.05, 4.69) is 4.72 Å². The molecule has 2 N–H and O–H groups in total. The van der Waals surface area contributed by atoms with Crippen molar-refractivity contribution in [2.75, 3.05) is 0 Å². The molecule has 0 spiro atoms. The molecule has 0 radical (unpaired) electrons. The van der Waals surface area contributed by atoms with Gasteiger partial charge in [-0.2, -0.15) is 0 Å². The van der Waals surface area contributed by atoms with Crippen LogP contribution in [0.1, 0.15) is 30.4 Å². The summed E-state index contributed by atoms with van der Waals surface area (Å²) in [6, 6.07) is 4.92. The van der Waals surface area contributed by atoms with Crippen molar-refractivity contribution in [3.63, 3.8) is 0 Å². The first-order valence-electron chi connectivity index (χ1n) is 5.75. The van der Waals surface area contributed by atoms with Crippen LogP contribution in [0.25, 0.3) is 0 Å². The minimum absolute atomic E-state index is 0.0823. The highest BCUT2D eigenvalue weighted by Gasteiger charge is 2.24. The van der Waals surface area contributed by atoms with Crippen LogP contribution in [0.3, 0.4) is 0 Å². The molecular weight excluding hydrogens is 238 g/mol. The van der Waals surface area contributed by atoms with Gasteiger partial charge in [0.25, 0.3) is 0 Å². The maximum atomic E-state index is 12.0. The molecule has 0 saturated heterocycles. The fourth-order valence-corrected chi connectivity index (χ4v) is 3.15. The molecule has 1 aromatic carbocycles. The molecule has 1 aromatic rings. The van der Waals surface area contributed by atoms with Gasteiger partial charge in [-0.1, -0.05) is 12.5 Å². The molecule has 4 nitrogen and oxygen atoms in total. The van der Waals surface area contributed by atoms with Gasteiger partial charge in [0.1, 0.15) is 0 Å². The molecule has 2 rings (SSSR count). The van der Waals surface area contributed by atoms with Crippen molar-refractivity contribution in [2.24, 2.45) is 0 Å². The first-order chi connectivity index (χ1) is 8.03. The smallest absolute Gasteiger partial charge is 0.240 e. The van der Waals surface area contributed by atoms with Crippen molar-refractivity contribution in [2.45, 2.75) is 43.7 Å². The van der Waals surface area contributed by atoms with Crippen molar-refractivity contribution in [1.82, 2.24) is 4.72 Å². The third kappa shape index (κ3) is 2.68. The van der Waals surface area contributed by atoms with E-state index < -0.39 is 10.0 Å². The maximum absolute atomic E-state index is 12.0. The first-order valence-corrected chi connectivity index (χ1v) is 7.24. The van der Waals surface area contributed by atoms with Crippen molar-refractivity contribution >= 4 is 10.0 Å². The summed E-state index contributed by atoms with van der Waals surface area (Å²) in [4.78, 5) is 0.235. The Bertz CT molecular complexity index is 506. The number of aliphatic hydroxyl groups is 1. The van der Waals surface area contributed by atoms with Crippen LogP contribution in [0.2, 0.25) is 0 Å². The largest absolute Gasteiger partial charge is 0.392 e. The maximum Gasteiger partial charge on any atom is 0.240 e. The summed E-state index contributed by atoms with van der Waals surface area (Å²) in [6.45, 7) is 1.71. The minimum atomic E-state index is -3.43. The number of sulfonamides is 1. The van der Waals surface area contributed by atoms with Crippen LogP contribution in [-0.2, 0) is 16.6 Å². The number of hydrogen-bond acceptors (Lipinski definition) is 3. The van der Waals surface area contributed by atoms with Crippen LogP contribution < -0.4 is 4.72 Å². The summed E-state index contributed by atoms with van der Waals surface area (Å²) in [5.74, 6) is 0. The lowest BCUT2D eigenvalue weighted by molar-refractivity contribution is 0.280. The Balaban J connectivity index is 2.25. The molecule has 0 aromatic heterocycles.